The largest absolute Gasteiger partial charge is 0.353 e. The van der Waals surface area contributed by atoms with Gasteiger partial charge in [-0.15, -0.1) is 0 Å². The molecule has 1 aromatic heterocycles. The maximum Gasteiger partial charge on any atom is 0.255 e. The Morgan fingerprint density at radius 2 is 2.11 bits per heavy atom. The molecule has 1 N–H and O–H groups in total. The third-order valence-corrected chi connectivity index (χ3v) is 5.13. The van der Waals surface area contributed by atoms with Crippen LogP contribution in [0, 0.1) is 11.8 Å². The number of likely N-dealkylation sites (tertiary alicyclic amines) is 1. The van der Waals surface area contributed by atoms with Gasteiger partial charge in [-0.05, 0) is 30.9 Å². The van der Waals surface area contributed by atoms with Crippen LogP contribution in [0.15, 0.2) is 18.3 Å². The highest BCUT2D eigenvalue weighted by molar-refractivity contribution is 5.94. The molecule has 0 unspecified atom stereocenters. The van der Waals surface area contributed by atoms with Gasteiger partial charge in [0.25, 0.3) is 5.91 Å². The molecule has 0 spiro atoms. The number of piperidine rings is 1. The molecule has 2 aliphatic heterocycles. The molecule has 0 aliphatic carbocycles. The van der Waals surface area contributed by atoms with Crippen LogP contribution in [0.5, 0.6) is 0 Å². The molecule has 146 valence electrons. The van der Waals surface area contributed by atoms with Crippen molar-refractivity contribution in [3.05, 3.63) is 23.9 Å². The summed E-state index contributed by atoms with van der Waals surface area (Å²) in [5.74, 6) is 1.16. The summed E-state index contributed by atoms with van der Waals surface area (Å²) < 4.78 is 0. The van der Waals surface area contributed by atoms with Crippen molar-refractivity contribution in [2.24, 2.45) is 11.8 Å². The Kier molecular flexibility index (Phi) is 6.08. The SMILES string of the molecule is CC(C)CC(=O)[C@H]1CCCN(C(=O)c2ccc(N3CCNC(=O)C3)nc2)C1. The first kappa shape index (κ1) is 19.3. The van der Waals surface area contributed by atoms with E-state index in [0.717, 1.165) is 12.8 Å². The Morgan fingerprint density at radius 3 is 2.78 bits per heavy atom. The predicted octanol–water partition coefficient (Wildman–Crippen LogP) is 1.49. The third kappa shape index (κ3) is 4.84. The van der Waals surface area contributed by atoms with Crippen molar-refractivity contribution < 1.29 is 14.4 Å². The Morgan fingerprint density at radius 1 is 1.30 bits per heavy atom. The van der Waals surface area contributed by atoms with E-state index in [0.29, 0.717) is 49.9 Å². The molecule has 1 aromatic rings. The molecule has 2 amide bonds. The van der Waals surface area contributed by atoms with Crippen LogP contribution in [0.1, 0.15) is 43.5 Å². The van der Waals surface area contributed by atoms with Gasteiger partial charge in [-0.25, -0.2) is 4.98 Å². The smallest absolute Gasteiger partial charge is 0.255 e. The number of Topliss-reactive ketones (excluding diaryl/α,β-unsaturated/α-hetero) is 1. The number of anilines is 1. The minimum Gasteiger partial charge on any atom is -0.353 e. The first-order valence-corrected chi connectivity index (χ1v) is 9.73. The van der Waals surface area contributed by atoms with E-state index in [9.17, 15) is 14.4 Å². The van der Waals surface area contributed by atoms with Gasteiger partial charge in [0.15, 0.2) is 0 Å². The molecule has 0 radical (unpaired) electrons. The van der Waals surface area contributed by atoms with E-state index in [1.807, 2.05) is 18.7 Å². The number of carbonyl (C=O) groups excluding carboxylic acids is 3. The summed E-state index contributed by atoms with van der Waals surface area (Å²) in [6.07, 6.45) is 3.87. The van der Waals surface area contributed by atoms with Gasteiger partial charge in [-0.2, -0.15) is 0 Å². The van der Waals surface area contributed by atoms with Gasteiger partial charge < -0.3 is 15.1 Å². The van der Waals surface area contributed by atoms with E-state index in [-0.39, 0.29) is 30.1 Å². The van der Waals surface area contributed by atoms with Crippen molar-refractivity contribution in [1.82, 2.24) is 15.2 Å². The van der Waals surface area contributed by atoms with Gasteiger partial charge >= 0.3 is 0 Å². The van der Waals surface area contributed by atoms with Crippen LogP contribution in [0.25, 0.3) is 0 Å². The number of carbonyl (C=O) groups is 3. The van der Waals surface area contributed by atoms with Crippen LogP contribution < -0.4 is 10.2 Å². The standard InChI is InChI=1S/C20H28N4O3/c1-14(2)10-17(25)16-4-3-8-24(12-16)20(27)15-5-6-18(22-11-15)23-9-7-21-19(26)13-23/h5-6,11,14,16H,3-4,7-10,12-13H2,1-2H3,(H,21,26)/t16-/m0/s1. The number of hydrogen-bond acceptors (Lipinski definition) is 5. The second-order valence-electron chi connectivity index (χ2n) is 7.83. The summed E-state index contributed by atoms with van der Waals surface area (Å²) in [7, 11) is 0. The van der Waals surface area contributed by atoms with Gasteiger partial charge in [-0.1, -0.05) is 13.8 Å². The molecule has 1 atom stereocenters. The Labute approximate surface area is 160 Å². The second-order valence-corrected chi connectivity index (χ2v) is 7.83. The topological polar surface area (TPSA) is 82.6 Å². The van der Waals surface area contributed by atoms with E-state index in [1.54, 1.807) is 23.2 Å². The Balaban J connectivity index is 1.63. The van der Waals surface area contributed by atoms with E-state index < -0.39 is 0 Å². The fourth-order valence-electron chi connectivity index (χ4n) is 3.71. The van der Waals surface area contributed by atoms with Crippen LogP contribution in [0.4, 0.5) is 5.82 Å². The fourth-order valence-corrected chi connectivity index (χ4v) is 3.71. The third-order valence-electron chi connectivity index (χ3n) is 5.13. The van der Waals surface area contributed by atoms with E-state index in [2.05, 4.69) is 10.3 Å². The summed E-state index contributed by atoms with van der Waals surface area (Å²) in [5, 5.41) is 2.78. The molecule has 3 heterocycles. The first-order valence-electron chi connectivity index (χ1n) is 9.73. The van der Waals surface area contributed by atoms with Gasteiger partial charge in [0.05, 0.1) is 12.1 Å². The number of nitrogens with one attached hydrogen (secondary N) is 1. The van der Waals surface area contributed by atoms with Crippen molar-refractivity contribution in [1.29, 1.82) is 0 Å². The number of piperazine rings is 1. The molecule has 0 saturated carbocycles. The molecule has 2 fully saturated rings. The van der Waals surface area contributed by atoms with Gasteiger partial charge in [-0.3, -0.25) is 14.4 Å². The van der Waals surface area contributed by atoms with Crippen LogP contribution in [-0.4, -0.2) is 60.2 Å². The lowest BCUT2D eigenvalue weighted by molar-refractivity contribution is -0.125. The number of aromatic nitrogens is 1. The summed E-state index contributed by atoms with van der Waals surface area (Å²) in [5.41, 5.74) is 0.525. The molecular formula is C20H28N4O3. The van der Waals surface area contributed by atoms with E-state index >= 15 is 0 Å². The fraction of sp³-hybridized carbons (Fsp3) is 0.600. The highest BCUT2D eigenvalue weighted by Gasteiger charge is 2.29. The number of ketones is 1. The Hall–Kier alpha value is -2.44. The number of hydrogen-bond donors (Lipinski definition) is 1. The number of amides is 2. The van der Waals surface area contributed by atoms with Crippen molar-refractivity contribution in [3.8, 4) is 0 Å². The number of nitrogens with zero attached hydrogens (tertiary/aromatic N) is 3. The van der Waals surface area contributed by atoms with Gasteiger partial charge in [0.1, 0.15) is 11.6 Å². The van der Waals surface area contributed by atoms with Crippen LogP contribution >= 0.6 is 0 Å². The van der Waals surface area contributed by atoms with Crippen molar-refractivity contribution >= 4 is 23.4 Å². The summed E-state index contributed by atoms with van der Waals surface area (Å²) in [6.45, 7) is 6.85. The van der Waals surface area contributed by atoms with Crippen LogP contribution in [0.2, 0.25) is 0 Å². The van der Waals surface area contributed by atoms with E-state index in [1.165, 1.54) is 0 Å². The lowest BCUT2D eigenvalue weighted by atomic mass is 9.89. The van der Waals surface area contributed by atoms with Crippen molar-refractivity contribution in [3.63, 3.8) is 0 Å². The molecule has 3 rings (SSSR count). The zero-order chi connectivity index (χ0) is 19.4. The summed E-state index contributed by atoms with van der Waals surface area (Å²) >= 11 is 0. The zero-order valence-electron chi connectivity index (χ0n) is 16.1. The maximum atomic E-state index is 12.8. The summed E-state index contributed by atoms with van der Waals surface area (Å²) in [4.78, 5) is 44.8. The molecule has 27 heavy (non-hydrogen) atoms. The second kappa shape index (κ2) is 8.50. The minimum atomic E-state index is -0.0764. The first-order chi connectivity index (χ1) is 12.9. The highest BCUT2D eigenvalue weighted by Crippen LogP contribution is 2.22. The quantitative estimate of drug-likeness (QED) is 0.847. The molecule has 2 saturated heterocycles. The average Bonchev–Trinajstić information content (AvgIpc) is 2.67. The highest BCUT2D eigenvalue weighted by atomic mass is 16.2. The Bertz CT molecular complexity index is 702. The molecule has 2 aliphatic rings. The van der Waals surface area contributed by atoms with Crippen molar-refractivity contribution in [2.45, 2.75) is 33.1 Å². The van der Waals surface area contributed by atoms with Gasteiger partial charge in [0, 0.05) is 44.7 Å². The molecule has 0 bridgehead atoms. The lowest BCUT2D eigenvalue weighted by Crippen LogP contribution is -2.48. The average molecular weight is 372 g/mol. The zero-order valence-corrected chi connectivity index (χ0v) is 16.1. The normalized spacial score (nSPS) is 20.6. The minimum absolute atomic E-state index is 0.0198. The van der Waals surface area contributed by atoms with Crippen molar-refractivity contribution in [2.75, 3.05) is 37.6 Å². The van der Waals surface area contributed by atoms with Gasteiger partial charge in [0.2, 0.25) is 5.91 Å². The number of rotatable bonds is 5. The monoisotopic (exact) mass is 372 g/mol. The molecule has 7 heteroatoms. The summed E-state index contributed by atoms with van der Waals surface area (Å²) in [6, 6.07) is 3.55. The maximum absolute atomic E-state index is 12.8. The predicted molar refractivity (Wildman–Crippen MR) is 103 cm³/mol. The molecular weight excluding hydrogens is 344 g/mol. The lowest BCUT2D eigenvalue weighted by Gasteiger charge is -2.32. The van der Waals surface area contributed by atoms with E-state index in [4.69, 9.17) is 0 Å². The molecule has 7 nitrogen and oxygen atoms in total. The molecule has 0 aromatic carbocycles. The van der Waals surface area contributed by atoms with Crippen LogP contribution in [0.3, 0.4) is 0 Å². The number of pyridine rings is 1. The van der Waals surface area contributed by atoms with Crippen LogP contribution in [-0.2, 0) is 9.59 Å².